The van der Waals surface area contributed by atoms with E-state index in [-0.39, 0.29) is 84.4 Å². The lowest BCUT2D eigenvalue weighted by atomic mass is 9.78. The van der Waals surface area contributed by atoms with Crippen LogP contribution in [0.1, 0.15) is 108 Å². The van der Waals surface area contributed by atoms with E-state index in [4.69, 9.17) is 18.9 Å². The van der Waals surface area contributed by atoms with Gasteiger partial charge < -0.3 is 40.2 Å². The molecule has 68 heavy (non-hydrogen) atoms. The number of rotatable bonds is 7. The van der Waals surface area contributed by atoms with Crippen molar-refractivity contribution in [2.45, 2.75) is 92.5 Å². The number of nitrogens with one attached hydrogen (secondary N) is 4. The maximum Gasteiger partial charge on any atom is 0.409 e. The molecule has 4 saturated heterocycles. The van der Waals surface area contributed by atoms with Crippen LogP contribution in [0.15, 0.2) is 182 Å². The fourth-order valence-electron chi connectivity index (χ4n) is 8.04. The summed E-state index contributed by atoms with van der Waals surface area (Å²) in [5, 5.41) is 11.3. The molecule has 4 aliphatic rings. The second-order valence-corrected chi connectivity index (χ2v) is 15.9. The van der Waals surface area contributed by atoms with Crippen LogP contribution in [0.4, 0.5) is 19.2 Å². The number of carbonyl (C=O) groups excluding carboxylic acids is 4. The molecule has 6 aromatic rings. The van der Waals surface area contributed by atoms with E-state index in [1.165, 1.54) is 0 Å². The first kappa shape index (κ1) is 54.7. The average Bonchev–Trinajstić information content (AvgIpc) is 4.14. The quantitative estimate of drug-likeness (QED) is 0.115. The maximum absolute atomic E-state index is 12.3. The second kappa shape index (κ2) is 25.9. The third-order valence-corrected chi connectivity index (χ3v) is 11.2. The number of hydrogen-bond acceptors (Lipinski definition) is 8. The fourth-order valence-corrected chi connectivity index (χ4v) is 8.04. The summed E-state index contributed by atoms with van der Waals surface area (Å²) < 4.78 is 21.1. The Morgan fingerprint density at radius 3 is 1.26 bits per heavy atom. The Bertz CT molecular complexity index is 2390. The van der Waals surface area contributed by atoms with Crippen LogP contribution in [-0.4, -0.2) is 43.1 Å². The van der Waals surface area contributed by atoms with Crippen molar-refractivity contribution in [3.05, 3.63) is 215 Å². The Labute approximate surface area is 402 Å². The molecule has 12 nitrogen and oxygen atoms in total. The van der Waals surface area contributed by atoms with E-state index in [1.807, 2.05) is 189 Å². The van der Waals surface area contributed by atoms with Crippen molar-refractivity contribution in [1.82, 2.24) is 21.3 Å². The number of hydrogen-bond donors (Lipinski definition) is 4. The lowest BCUT2D eigenvalue weighted by molar-refractivity contribution is 0.0681. The van der Waals surface area contributed by atoms with E-state index in [1.54, 1.807) is 0 Å². The van der Waals surface area contributed by atoms with Gasteiger partial charge in [-0.3, -0.25) is 0 Å². The van der Waals surface area contributed by atoms with Crippen molar-refractivity contribution in [2.75, 3.05) is 6.61 Å². The minimum Gasteiger partial charge on any atom is -0.447 e. The van der Waals surface area contributed by atoms with Gasteiger partial charge in [-0.05, 0) is 35.1 Å². The molecular weight excluding hydrogens is 857 g/mol. The third kappa shape index (κ3) is 13.3. The number of ether oxygens (including phenoxy) is 4. The molecule has 6 aromatic carbocycles. The van der Waals surface area contributed by atoms with Crippen molar-refractivity contribution in [3.8, 4) is 0 Å². The van der Waals surface area contributed by atoms with Crippen molar-refractivity contribution in [3.63, 3.8) is 0 Å². The van der Waals surface area contributed by atoms with Gasteiger partial charge in [0.25, 0.3) is 0 Å². The first-order valence-electron chi connectivity index (χ1n) is 21.3. The van der Waals surface area contributed by atoms with E-state index < -0.39 is 11.7 Å². The summed E-state index contributed by atoms with van der Waals surface area (Å²) in [6.07, 6.45) is -1.68. The normalized spacial score (nSPS) is 21.1. The third-order valence-electron chi connectivity index (χ3n) is 11.2. The lowest BCUT2D eigenvalue weighted by Gasteiger charge is -2.33. The number of cyclic esters (lactones) is 4. The molecule has 0 saturated carbocycles. The first-order chi connectivity index (χ1) is 31.1. The van der Waals surface area contributed by atoms with Gasteiger partial charge in [-0.25, -0.2) is 19.2 Å². The molecule has 360 valence electrons. The van der Waals surface area contributed by atoms with E-state index in [9.17, 15) is 19.2 Å². The van der Waals surface area contributed by atoms with Gasteiger partial charge in [0, 0.05) is 11.1 Å². The van der Waals surface area contributed by atoms with E-state index in [2.05, 4.69) is 35.1 Å². The van der Waals surface area contributed by atoms with Gasteiger partial charge in [-0.2, -0.15) is 0 Å². The minimum absolute atomic E-state index is 0. The zero-order chi connectivity index (χ0) is 44.9. The van der Waals surface area contributed by atoms with Crippen LogP contribution in [0, 0.1) is 5.92 Å². The fraction of sp³-hybridized carbons (Fsp3) is 0.286. The highest BCUT2D eigenvalue weighted by Gasteiger charge is 2.52. The zero-order valence-electron chi connectivity index (χ0n) is 35.8. The summed E-state index contributed by atoms with van der Waals surface area (Å²) in [6.45, 7) is 6.52. The van der Waals surface area contributed by atoms with Crippen LogP contribution in [0.2, 0.25) is 0 Å². The van der Waals surface area contributed by atoms with Crippen LogP contribution in [-0.2, 0) is 24.5 Å². The molecule has 4 fully saturated rings. The summed E-state index contributed by atoms with van der Waals surface area (Å²) in [6, 6.07) is 59.0. The molecule has 4 N–H and O–H groups in total. The largest absolute Gasteiger partial charge is 0.447 e. The van der Waals surface area contributed by atoms with Crippen molar-refractivity contribution < 1.29 is 38.1 Å². The molecule has 4 aliphatic heterocycles. The Morgan fingerprint density at radius 1 is 0.456 bits per heavy atom. The predicted molar refractivity (Wildman–Crippen MR) is 269 cm³/mol. The smallest absolute Gasteiger partial charge is 0.409 e. The molecule has 0 aliphatic carbocycles. The number of carbonyl (C=O) groups is 4. The molecular formula is C56H68N4O8. The number of alkyl carbamates (subject to hydrolysis) is 4. The Kier molecular flexibility index (Phi) is 20.9. The van der Waals surface area contributed by atoms with Crippen molar-refractivity contribution in [2.24, 2.45) is 5.92 Å². The van der Waals surface area contributed by atoms with Gasteiger partial charge in [0.15, 0.2) is 5.60 Å². The molecule has 0 aromatic heterocycles. The van der Waals surface area contributed by atoms with Gasteiger partial charge in [0.1, 0.15) is 24.9 Å². The first-order valence-corrected chi connectivity index (χ1v) is 21.3. The van der Waals surface area contributed by atoms with Crippen LogP contribution < -0.4 is 21.3 Å². The Hall–Kier alpha value is -7.60. The highest BCUT2D eigenvalue weighted by atomic mass is 16.6. The zero-order valence-corrected chi connectivity index (χ0v) is 35.8. The van der Waals surface area contributed by atoms with Crippen LogP contribution in [0.25, 0.3) is 0 Å². The molecule has 0 unspecified atom stereocenters. The Balaban J connectivity index is 0.000000245. The van der Waals surface area contributed by atoms with E-state index in [0.29, 0.717) is 12.5 Å². The molecule has 0 bridgehead atoms. The number of amides is 4. The summed E-state index contributed by atoms with van der Waals surface area (Å²) in [5.41, 5.74) is 5.19. The van der Waals surface area contributed by atoms with Gasteiger partial charge >= 0.3 is 24.4 Å². The van der Waals surface area contributed by atoms with Gasteiger partial charge in [0.2, 0.25) is 0 Å². The number of benzene rings is 6. The van der Waals surface area contributed by atoms with Crippen LogP contribution in [0.3, 0.4) is 0 Å². The van der Waals surface area contributed by atoms with Crippen LogP contribution >= 0.6 is 0 Å². The molecule has 10 rings (SSSR count). The average molecular weight is 925 g/mol. The topological polar surface area (TPSA) is 153 Å². The Morgan fingerprint density at radius 2 is 0.853 bits per heavy atom. The summed E-state index contributed by atoms with van der Waals surface area (Å²) in [5.74, 6) is 0.363. The minimum atomic E-state index is -0.888. The second-order valence-electron chi connectivity index (χ2n) is 15.9. The highest BCUT2D eigenvalue weighted by molar-refractivity contribution is 5.74. The molecule has 4 heterocycles. The highest BCUT2D eigenvalue weighted by Crippen LogP contribution is 2.47. The summed E-state index contributed by atoms with van der Waals surface area (Å²) in [7, 11) is 0. The van der Waals surface area contributed by atoms with E-state index >= 15 is 0 Å². The lowest BCUT2D eigenvalue weighted by Crippen LogP contribution is -2.35. The van der Waals surface area contributed by atoms with E-state index in [0.717, 1.165) is 33.4 Å². The summed E-state index contributed by atoms with van der Waals surface area (Å²) >= 11 is 0. The predicted octanol–water partition coefficient (Wildman–Crippen LogP) is 12.8. The van der Waals surface area contributed by atoms with Gasteiger partial charge in [0.05, 0.1) is 18.1 Å². The molecule has 0 radical (unpaired) electrons. The van der Waals surface area contributed by atoms with Crippen molar-refractivity contribution >= 4 is 24.4 Å². The van der Waals surface area contributed by atoms with Crippen LogP contribution in [0.5, 0.6) is 0 Å². The van der Waals surface area contributed by atoms with Crippen molar-refractivity contribution in [1.29, 1.82) is 0 Å². The molecule has 6 atom stereocenters. The molecule has 12 heteroatoms. The monoisotopic (exact) mass is 925 g/mol. The standard InChI is InChI=1S/C21H17NO2.C12H15NO2.C10H11NO2.C9H9NO2.4CH4/c23-20-22-19(16-10-4-1-5-11-16)21(24-20,17-12-6-2-7-13-17)18-14-8-3-9-15-18;1-8(2)10-11(15-12(14)13-10)9-6-4-3-5-7-9;1-7-9(13-10(12)11-7)8-5-3-2-4-6-8;11-9-10-8(6-12-9)7-4-2-1-3-5-7;;;;/h1-15,19H,(H,22,23);3-8,10-11H,1-2H3,(H,13,14);2-7,9H,1H3,(H,11,12);1-5,8H,6H2,(H,10,11);4*1H4/t19-;10-,11+;7-,9-;8-;;;;/m0001..../s1. The van der Waals surface area contributed by atoms with Gasteiger partial charge in [-0.1, -0.05) is 226 Å². The molecule has 4 amide bonds. The maximum atomic E-state index is 12.3. The molecule has 0 spiro atoms. The van der Waals surface area contributed by atoms with Gasteiger partial charge in [-0.15, -0.1) is 0 Å². The summed E-state index contributed by atoms with van der Waals surface area (Å²) in [4.78, 5) is 45.1. The SMILES string of the molecule is C.C.C.C.CC(C)[C@@H]1NC(=O)O[C@@H]1c1ccccc1.C[C@@H]1NC(=O)O[C@@H]1c1ccccc1.O=C1N[C@@H](c2ccccc2)C(c2ccccc2)(c2ccccc2)O1.O=C1N[C@@H](c2ccccc2)CO1.